The maximum absolute atomic E-state index is 13.5. The molecule has 0 unspecified atom stereocenters. The minimum absolute atomic E-state index is 0.0347. The first-order chi connectivity index (χ1) is 8.99. The molecule has 0 aliphatic rings. The lowest BCUT2D eigenvalue weighted by Crippen LogP contribution is -2.14. The van der Waals surface area contributed by atoms with E-state index in [1.54, 1.807) is 0 Å². The molecule has 19 heavy (non-hydrogen) atoms. The molecule has 0 saturated heterocycles. The van der Waals surface area contributed by atoms with E-state index in [1.165, 1.54) is 17.5 Å². The normalized spacial score (nSPS) is 10.2. The van der Waals surface area contributed by atoms with E-state index in [1.807, 2.05) is 0 Å². The lowest BCUT2D eigenvalue weighted by molar-refractivity contribution is 0.0703. The van der Waals surface area contributed by atoms with Gasteiger partial charge >= 0.3 is 5.97 Å². The van der Waals surface area contributed by atoms with Gasteiger partial charge in [0, 0.05) is 6.07 Å². The maximum Gasteiger partial charge on any atom is 0.348 e. The van der Waals surface area contributed by atoms with Gasteiger partial charge in [0.25, 0.3) is 5.91 Å². The summed E-state index contributed by atoms with van der Waals surface area (Å²) in [6.45, 7) is 0. The molecule has 0 radical (unpaired) electrons. The van der Waals surface area contributed by atoms with Crippen molar-refractivity contribution in [2.24, 2.45) is 0 Å². The summed E-state index contributed by atoms with van der Waals surface area (Å²) in [6, 6.07) is 4.52. The van der Waals surface area contributed by atoms with E-state index in [9.17, 15) is 14.0 Å². The monoisotopic (exact) mass is 281 g/mol. The van der Waals surface area contributed by atoms with Gasteiger partial charge in [0.15, 0.2) is 0 Å². The van der Waals surface area contributed by atoms with Gasteiger partial charge in [-0.05, 0) is 23.6 Å². The number of amides is 1. The van der Waals surface area contributed by atoms with E-state index in [-0.39, 0.29) is 21.9 Å². The van der Waals surface area contributed by atoms with Crippen LogP contribution in [0.15, 0.2) is 29.6 Å². The van der Waals surface area contributed by atoms with Crippen molar-refractivity contribution in [3.63, 3.8) is 0 Å². The lowest BCUT2D eigenvalue weighted by atomic mass is 10.2. The molecule has 1 amide bonds. The third-order valence-electron chi connectivity index (χ3n) is 2.30. The fourth-order valence-corrected chi connectivity index (χ4v) is 2.14. The van der Waals surface area contributed by atoms with E-state index in [0.717, 1.165) is 23.5 Å². The average Bonchev–Trinajstić information content (AvgIpc) is 2.76. The number of thiophene rings is 1. The molecule has 0 spiro atoms. The third-order valence-corrected chi connectivity index (χ3v) is 3.21. The zero-order valence-electron chi connectivity index (χ0n) is 9.38. The van der Waals surface area contributed by atoms with Crippen molar-refractivity contribution in [2.75, 3.05) is 5.32 Å². The highest BCUT2D eigenvalue weighted by Crippen LogP contribution is 2.23. The van der Waals surface area contributed by atoms with E-state index in [0.29, 0.717) is 0 Å². The molecular weight excluding hydrogens is 273 g/mol. The van der Waals surface area contributed by atoms with E-state index < -0.39 is 17.7 Å². The van der Waals surface area contributed by atoms with Crippen molar-refractivity contribution in [1.82, 2.24) is 0 Å². The van der Waals surface area contributed by atoms with Gasteiger partial charge in [-0.1, -0.05) is 0 Å². The number of benzene rings is 1. The van der Waals surface area contributed by atoms with Gasteiger partial charge in [-0.3, -0.25) is 4.79 Å². The first-order valence-electron chi connectivity index (χ1n) is 5.09. The van der Waals surface area contributed by atoms with Crippen LogP contribution in [0.5, 0.6) is 5.75 Å². The van der Waals surface area contributed by atoms with Gasteiger partial charge in [0.1, 0.15) is 16.4 Å². The second kappa shape index (κ2) is 5.07. The highest BCUT2D eigenvalue weighted by atomic mass is 32.1. The fourth-order valence-electron chi connectivity index (χ4n) is 1.45. The number of carboxylic acid groups (broad SMARTS) is 1. The Bertz CT molecular complexity index is 653. The third kappa shape index (κ3) is 2.71. The zero-order valence-corrected chi connectivity index (χ0v) is 10.2. The molecule has 2 rings (SSSR count). The van der Waals surface area contributed by atoms with Gasteiger partial charge in [0.05, 0.1) is 11.3 Å². The molecule has 0 bridgehead atoms. The summed E-state index contributed by atoms with van der Waals surface area (Å²) in [7, 11) is 0. The molecule has 98 valence electrons. The number of hydrogen-bond acceptors (Lipinski definition) is 4. The molecule has 0 fully saturated rings. The summed E-state index contributed by atoms with van der Waals surface area (Å²) >= 11 is 0.953. The topological polar surface area (TPSA) is 86.6 Å². The molecule has 0 saturated carbocycles. The lowest BCUT2D eigenvalue weighted by Gasteiger charge is -2.05. The van der Waals surface area contributed by atoms with Gasteiger partial charge in [-0.25, -0.2) is 9.18 Å². The van der Waals surface area contributed by atoms with Crippen LogP contribution in [-0.2, 0) is 0 Å². The highest BCUT2D eigenvalue weighted by Gasteiger charge is 2.17. The first kappa shape index (κ1) is 13.0. The Balaban J connectivity index is 2.26. The Hall–Kier alpha value is -2.41. The number of phenols is 1. The highest BCUT2D eigenvalue weighted by molar-refractivity contribution is 7.12. The molecule has 3 N–H and O–H groups in total. The van der Waals surface area contributed by atoms with E-state index in [4.69, 9.17) is 10.2 Å². The number of rotatable bonds is 3. The largest absolute Gasteiger partial charge is 0.508 e. The molecule has 7 heteroatoms. The number of hydrogen-bond donors (Lipinski definition) is 3. The van der Waals surface area contributed by atoms with Crippen molar-refractivity contribution in [1.29, 1.82) is 0 Å². The van der Waals surface area contributed by atoms with Crippen molar-refractivity contribution in [3.05, 3.63) is 45.9 Å². The number of phenolic OH excluding ortho intramolecular Hbond substituents is 1. The average molecular weight is 281 g/mol. The maximum atomic E-state index is 13.5. The number of carboxylic acids is 1. The summed E-state index contributed by atoms with van der Waals surface area (Å²) in [5.41, 5.74) is -0.171. The predicted octanol–water partition coefficient (Wildman–Crippen LogP) is 2.54. The summed E-state index contributed by atoms with van der Waals surface area (Å²) in [4.78, 5) is 22.6. The summed E-state index contributed by atoms with van der Waals surface area (Å²) in [5.74, 6) is -3.13. The molecule has 1 heterocycles. The summed E-state index contributed by atoms with van der Waals surface area (Å²) < 4.78 is 13.5. The molecule has 0 aliphatic carbocycles. The van der Waals surface area contributed by atoms with Crippen molar-refractivity contribution in [3.8, 4) is 5.75 Å². The molecular formula is C12H8FNO4S. The Labute approximate surface area is 110 Å². The van der Waals surface area contributed by atoms with Gasteiger partial charge < -0.3 is 15.5 Å². The van der Waals surface area contributed by atoms with Crippen LogP contribution in [-0.4, -0.2) is 22.1 Å². The number of carbonyl (C=O) groups excluding carboxylic acids is 1. The molecule has 0 aliphatic heterocycles. The van der Waals surface area contributed by atoms with Crippen LogP contribution in [0.1, 0.15) is 20.0 Å². The summed E-state index contributed by atoms with van der Waals surface area (Å²) in [6.07, 6.45) is 0. The number of aromatic hydroxyl groups is 1. The Morgan fingerprint density at radius 2 is 2.00 bits per heavy atom. The van der Waals surface area contributed by atoms with Crippen molar-refractivity contribution >= 4 is 28.9 Å². The fraction of sp³-hybridized carbons (Fsp3) is 0. The van der Waals surface area contributed by atoms with Crippen LogP contribution >= 0.6 is 11.3 Å². The van der Waals surface area contributed by atoms with E-state index >= 15 is 0 Å². The summed E-state index contributed by atoms with van der Waals surface area (Å²) in [5, 5.41) is 21.7. The van der Waals surface area contributed by atoms with Gasteiger partial charge in [0.2, 0.25) is 0 Å². The molecule has 0 atom stereocenters. The number of aromatic carboxylic acids is 1. The molecule has 1 aromatic heterocycles. The Kier molecular flexibility index (Phi) is 3.48. The van der Waals surface area contributed by atoms with Crippen molar-refractivity contribution in [2.45, 2.75) is 0 Å². The van der Waals surface area contributed by atoms with Crippen molar-refractivity contribution < 1.29 is 24.2 Å². The number of halogens is 1. The van der Waals surface area contributed by atoms with Crippen LogP contribution in [0, 0.1) is 5.82 Å². The predicted molar refractivity (Wildman–Crippen MR) is 67.3 cm³/mol. The van der Waals surface area contributed by atoms with Crippen LogP contribution in [0.3, 0.4) is 0 Å². The van der Waals surface area contributed by atoms with Gasteiger partial charge in [-0.15, -0.1) is 11.3 Å². The van der Waals surface area contributed by atoms with Crippen LogP contribution in [0.4, 0.5) is 10.1 Å². The van der Waals surface area contributed by atoms with Gasteiger partial charge in [-0.2, -0.15) is 0 Å². The molecule has 1 aromatic carbocycles. The number of carbonyl (C=O) groups is 2. The quantitative estimate of drug-likeness (QED) is 0.807. The molecule has 2 aromatic rings. The second-order valence-corrected chi connectivity index (χ2v) is 4.50. The first-order valence-corrected chi connectivity index (χ1v) is 5.97. The SMILES string of the molecule is O=C(Nc1ccsc1C(=O)O)c1ccc(O)cc1F. The van der Waals surface area contributed by atoms with Crippen LogP contribution < -0.4 is 5.32 Å². The minimum atomic E-state index is -1.17. The number of nitrogens with one attached hydrogen (secondary N) is 1. The second-order valence-electron chi connectivity index (χ2n) is 3.59. The Morgan fingerprint density at radius 1 is 1.26 bits per heavy atom. The van der Waals surface area contributed by atoms with Crippen LogP contribution in [0.25, 0.3) is 0 Å². The van der Waals surface area contributed by atoms with Crippen LogP contribution in [0.2, 0.25) is 0 Å². The smallest absolute Gasteiger partial charge is 0.348 e. The minimum Gasteiger partial charge on any atom is -0.508 e. The number of anilines is 1. The zero-order chi connectivity index (χ0) is 14.0. The van der Waals surface area contributed by atoms with E-state index in [2.05, 4.69) is 5.32 Å². The Morgan fingerprint density at radius 3 is 2.63 bits per heavy atom. The standard InChI is InChI=1S/C12H8FNO4S/c13-8-5-6(15)1-2-7(8)11(16)14-9-3-4-19-10(9)12(17)18/h1-5,15H,(H,14,16)(H,17,18). The molecule has 5 nitrogen and oxygen atoms in total.